The van der Waals surface area contributed by atoms with Crippen molar-refractivity contribution in [3.8, 4) is 5.69 Å². The van der Waals surface area contributed by atoms with Gasteiger partial charge in [-0.25, -0.2) is 9.36 Å². The van der Waals surface area contributed by atoms with Crippen LogP contribution in [0.25, 0.3) is 22.6 Å². The zero-order chi connectivity index (χ0) is 21.2. The van der Waals surface area contributed by atoms with Gasteiger partial charge >= 0.3 is 5.69 Å². The molecule has 0 aliphatic heterocycles. The quantitative estimate of drug-likeness (QED) is 0.543. The predicted octanol–water partition coefficient (Wildman–Crippen LogP) is 1.20. The first-order chi connectivity index (χ1) is 13.6. The van der Waals surface area contributed by atoms with Crippen LogP contribution in [0.15, 0.2) is 27.8 Å². The number of amides is 1. The first-order valence-electron chi connectivity index (χ1n) is 8.88. The highest BCUT2D eigenvalue weighted by atomic mass is 35.5. The molecule has 4 rings (SSSR count). The van der Waals surface area contributed by atoms with E-state index < -0.39 is 23.7 Å². The molecule has 3 aromatic heterocycles. The van der Waals surface area contributed by atoms with Gasteiger partial charge in [-0.3, -0.25) is 23.1 Å². The zero-order valence-corrected chi connectivity index (χ0v) is 17.1. The first kappa shape index (κ1) is 19.0. The van der Waals surface area contributed by atoms with Crippen LogP contribution in [0.4, 0.5) is 0 Å². The SMILES string of the molecule is Cc1ccc(Cl)cc1-n1c(C)c(C)n2c3c(=O)n(CC(N)=O)c(=O)n(C)c3nc12. The van der Waals surface area contributed by atoms with Gasteiger partial charge in [0.25, 0.3) is 5.56 Å². The van der Waals surface area contributed by atoms with Gasteiger partial charge in [0.2, 0.25) is 11.7 Å². The summed E-state index contributed by atoms with van der Waals surface area (Å²) in [5, 5.41) is 0.571. The number of primary amides is 1. The number of nitrogens with zero attached hydrogens (tertiary/aromatic N) is 5. The van der Waals surface area contributed by atoms with Gasteiger partial charge < -0.3 is 5.73 Å². The molecular formula is C19H19ClN6O3. The number of fused-ring (bicyclic) bond motifs is 3. The Morgan fingerprint density at radius 3 is 2.52 bits per heavy atom. The number of halogens is 1. The first-order valence-corrected chi connectivity index (χ1v) is 9.26. The van der Waals surface area contributed by atoms with Crippen LogP contribution in [0.3, 0.4) is 0 Å². The average molecular weight is 415 g/mol. The van der Waals surface area contributed by atoms with Gasteiger partial charge in [-0.05, 0) is 38.5 Å². The number of benzene rings is 1. The van der Waals surface area contributed by atoms with Crippen LogP contribution in [0.2, 0.25) is 5.02 Å². The van der Waals surface area contributed by atoms with E-state index in [0.29, 0.717) is 10.8 Å². The molecule has 9 nitrogen and oxygen atoms in total. The molecule has 150 valence electrons. The van der Waals surface area contributed by atoms with Crippen molar-refractivity contribution in [2.24, 2.45) is 12.8 Å². The van der Waals surface area contributed by atoms with Crippen LogP contribution >= 0.6 is 11.6 Å². The second kappa shape index (κ2) is 6.35. The molecule has 1 aromatic carbocycles. The molecule has 1 amide bonds. The van der Waals surface area contributed by atoms with E-state index in [1.54, 1.807) is 10.5 Å². The monoisotopic (exact) mass is 414 g/mol. The Morgan fingerprint density at radius 1 is 1.17 bits per heavy atom. The number of aromatic nitrogens is 5. The van der Waals surface area contributed by atoms with Crippen molar-refractivity contribution in [1.29, 1.82) is 0 Å². The van der Waals surface area contributed by atoms with Crippen LogP contribution in [-0.4, -0.2) is 29.0 Å². The smallest absolute Gasteiger partial charge is 0.332 e. The lowest BCUT2D eigenvalue weighted by Gasteiger charge is -2.10. The minimum Gasteiger partial charge on any atom is -0.368 e. The molecule has 0 radical (unpaired) electrons. The standard InChI is InChI=1S/C19H19ClN6O3/c1-9-5-6-12(20)7-13(9)25-10(2)11(3)26-15-16(22-18(25)26)23(4)19(29)24(17(15)28)8-14(21)27/h5-7H,8H2,1-4H3,(H2,21,27). The van der Waals surface area contributed by atoms with Crippen molar-refractivity contribution < 1.29 is 4.79 Å². The average Bonchev–Trinajstić information content (AvgIpc) is 3.15. The van der Waals surface area contributed by atoms with E-state index in [1.165, 1.54) is 11.6 Å². The molecule has 0 aliphatic carbocycles. The van der Waals surface area contributed by atoms with Crippen LogP contribution in [0.1, 0.15) is 17.0 Å². The molecule has 0 atom stereocenters. The molecule has 0 saturated carbocycles. The molecule has 10 heteroatoms. The summed E-state index contributed by atoms with van der Waals surface area (Å²) in [6.45, 7) is 5.24. The number of carbonyl (C=O) groups is 1. The van der Waals surface area contributed by atoms with Crippen LogP contribution < -0.4 is 17.0 Å². The lowest BCUT2D eigenvalue weighted by Crippen LogP contribution is -2.42. The third-order valence-corrected chi connectivity index (χ3v) is 5.48. The number of aryl methyl sites for hydroxylation is 3. The molecule has 0 saturated heterocycles. The molecule has 0 bridgehead atoms. The molecular weight excluding hydrogens is 396 g/mol. The van der Waals surface area contributed by atoms with Crippen molar-refractivity contribution in [3.05, 3.63) is 61.0 Å². The number of imidazole rings is 2. The summed E-state index contributed by atoms with van der Waals surface area (Å²) in [6.07, 6.45) is 0. The zero-order valence-electron chi connectivity index (χ0n) is 16.4. The minimum absolute atomic E-state index is 0.211. The maximum atomic E-state index is 13.1. The number of rotatable bonds is 3. The molecule has 29 heavy (non-hydrogen) atoms. The number of hydrogen-bond acceptors (Lipinski definition) is 4. The second-order valence-corrected chi connectivity index (χ2v) is 7.49. The second-order valence-electron chi connectivity index (χ2n) is 7.06. The van der Waals surface area contributed by atoms with E-state index in [1.807, 2.05) is 37.5 Å². The molecule has 3 heterocycles. The lowest BCUT2D eigenvalue weighted by atomic mass is 10.2. The highest BCUT2D eigenvalue weighted by Crippen LogP contribution is 2.27. The van der Waals surface area contributed by atoms with E-state index in [-0.39, 0.29) is 11.2 Å². The number of carbonyl (C=O) groups excluding carboxylic acids is 1. The summed E-state index contributed by atoms with van der Waals surface area (Å²) < 4.78 is 5.68. The predicted molar refractivity (Wildman–Crippen MR) is 110 cm³/mol. The highest BCUT2D eigenvalue weighted by Gasteiger charge is 2.24. The Labute approximate surface area is 169 Å². The van der Waals surface area contributed by atoms with E-state index in [9.17, 15) is 14.4 Å². The minimum atomic E-state index is -0.774. The van der Waals surface area contributed by atoms with E-state index in [2.05, 4.69) is 4.98 Å². The van der Waals surface area contributed by atoms with Crippen molar-refractivity contribution in [1.82, 2.24) is 23.1 Å². The summed E-state index contributed by atoms with van der Waals surface area (Å²) in [7, 11) is 1.51. The van der Waals surface area contributed by atoms with Crippen LogP contribution in [0, 0.1) is 20.8 Å². The van der Waals surface area contributed by atoms with Crippen molar-refractivity contribution in [3.63, 3.8) is 0 Å². The van der Waals surface area contributed by atoms with Crippen LogP contribution in [0.5, 0.6) is 0 Å². The van der Waals surface area contributed by atoms with Crippen molar-refractivity contribution >= 4 is 34.4 Å². The Hall–Kier alpha value is -3.33. The fourth-order valence-electron chi connectivity index (χ4n) is 3.66. The Morgan fingerprint density at radius 2 is 1.86 bits per heavy atom. The van der Waals surface area contributed by atoms with Gasteiger partial charge in [0, 0.05) is 23.5 Å². The van der Waals surface area contributed by atoms with E-state index in [4.69, 9.17) is 17.3 Å². The van der Waals surface area contributed by atoms with Gasteiger partial charge in [-0.15, -0.1) is 0 Å². The summed E-state index contributed by atoms with van der Waals surface area (Å²) in [5.74, 6) is -0.298. The summed E-state index contributed by atoms with van der Waals surface area (Å²) in [6, 6.07) is 5.53. The molecule has 0 fully saturated rings. The molecule has 0 spiro atoms. The molecule has 0 unspecified atom stereocenters. The topological polar surface area (TPSA) is 109 Å². The third kappa shape index (κ3) is 2.61. The highest BCUT2D eigenvalue weighted by molar-refractivity contribution is 6.30. The van der Waals surface area contributed by atoms with Gasteiger partial charge in [0.1, 0.15) is 6.54 Å². The van der Waals surface area contributed by atoms with E-state index >= 15 is 0 Å². The normalized spacial score (nSPS) is 11.6. The summed E-state index contributed by atoms with van der Waals surface area (Å²) >= 11 is 6.21. The number of nitrogens with two attached hydrogens (primary N) is 1. The largest absolute Gasteiger partial charge is 0.368 e. The van der Waals surface area contributed by atoms with Gasteiger partial charge in [-0.1, -0.05) is 17.7 Å². The Kier molecular flexibility index (Phi) is 4.16. The van der Waals surface area contributed by atoms with Crippen LogP contribution in [-0.2, 0) is 18.4 Å². The van der Waals surface area contributed by atoms with Gasteiger partial charge in [0.05, 0.1) is 5.69 Å². The van der Waals surface area contributed by atoms with Crippen molar-refractivity contribution in [2.75, 3.05) is 0 Å². The van der Waals surface area contributed by atoms with Crippen molar-refractivity contribution in [2.45, 2.75) is 27.3 Å². The fraction of sp³-hybridized carbons (Fsp3) is 0.263. The Bertz CT molecular complexity index is 1450. The maximum Gasteiger partial charge on any atom is 0.332 e. The molecule has 2 N–H and O–H groups in total. The fourth-order valence-corrected chi connectivity index (χ4v) is 3.82. The summed E-state index contributed by atoms with van der Waals surface area (Å²) in [5.41, 5.74) is 7.85. The maximum absolute atomic E-state index is 13.1. The van der Waals surface area contributed by atoms with Gasteiger partial charge in [-0.2, -0.15) is 4.98 Å². The number of hydrogen-bond donors (Lipinski definition) is 1. The Balaban J connectivity index is 2.22. The third-order valence-electron chi connectivity index (χ3n) is 5.25. The molecule has 4 aromatic rings. The lowest BCUT2D eigenvalue weighted by molar-refractivity contribution is -0.118. The summed E-state index contributed by atoms with van der Waals surface area (Å²) in [4.78, 5) is 41.7. The van der Waals surface area contributed by atoms with E-state index in [0.717, 1.165) is 27.2 Å². The van der Waals surface area contributed by atoms with Gasteiger partial charge in [0.15, 0.2) is 11.2 Å². The molecule has 0 aliphatic rings.